The fraction of sp³-hybridized carbons (Fsp3) is 0.478. The molecule has 2 heterocycles. The van der Waals surface area contributed by atoms with Crippen molar-refractivity contribution in [2.75, 3.05) is 13.1 Å². The van der Waals surface area contributed by atoms with E-state index in [2.05, 4.69) is 31.3 Å². The molecule has 0 radical (unpaired) electrons. The van der Waals surface area contributed by atoms with Crippen LogP contribution in [-0.2, 0) is 27.8 Å². The Bertz CT molecular complexity index is 1070. The third kappa shape index (κ3) is 5.83. The Hall–Kier alpha value is -2.45. The largest absolute Gasteiger partial charge is 0.348 e. The lowest BCUT2D eigenvalue weighted by atomic mass is 10.00. The Morgan fingerprint density at radius 3 is 2.29 bits per heavy atom. The zero-order valence-electron chi connectivity index (χ0n) is 18.4. The second-order valence-corrected chi connectivity index (χ2v) is 10.5. The minimum atomic E-state index is -3.65. The van der Waals surface area contributed by atoms with Gasteiger partial charge in [-0.25, -0.2) is 8.42 Å². The predicted octanol–water partition coefficient (Wildman–Crippen LogP) is 2.71. The minimum absolute atomic E-state index is 0.0376. The summed E-state index contributed by atoms with van der Waals surface area (Å²) >= 11 is 0. The van der Waals surface area contributed by atoms with Crippen molar-refractivity contribution in [3.8, 4) is 0 Å². The number of benzene rings is 1. The maximum Gasteiger partial charge on any atom is 0.251 e. The molecule has 31 heavy (non-hydrogen) atoms. The molecule has 1 amide bonds. The molecule has 1 aromatic carbocycles. The zero-order chi connectivity index (χ0) is 22.6. The third-order valence-electron chi connectivity index (χ3n) is 5.47. The second kappa shape index (κ2) is 9.78. The van der Waals surface area contributed by atoms with Gasteiger partial charge in [-0.3, -0.25) is 9.59 Å². The van der Waals surface area contributed by atoms with E-state index in [0.717, 1.165) is 29.4 Å². The molecule has 8 heteroatoms. The second-order valence-electron chi connectivity index (χ2n) is 8.57. The van der Waals surface area contributed by atoms with Gasteiger partial charge in [0.1, 0.15) is 6.54 Å². The average Bonchev–Trinajstić information content (AvgIpc) is 3.25. The van der Waals surface area contributed by atoms with E-state index in [-0.39, 0.29) is 23.4 Å². The van der Waals surface area contributed by atoms with Gasteiger partial charge in [0.2, 0.25) is 15.9 Å². The van der Waals surface area contributed by atoms with Gasteiger partial charge in [-0.05, 0) is 49.3 Å². The monoisotopic (exact) mass is 445 g/mol. The van der Waals surface area contributed by atoms with Crippen molar-refractivity contribution in [1.82, 2.24) is 14.2 Å². The number of hydrogen-bond acceptors (Lipinski definition) is 4. The number of pyridine rings is 1. The van der Waals surface area contributed by atoms with Crippen LogP contribution in [0.2, 0.25) is 0 Å². The molecular weight excluding hydrogens is 414 g/mol. The van der Waals surface area contributed by atoms with Crippen LogP contribution < -0.4 is 10.9 Å². The summed E-state index contributed by atoms with van der Waals surface area (Å²) in [5, 5.41) is 2.89. The van der Waals surface area contributed by atoms with Crippen molar-refractivity contribution in [3.63, 3.8) is 0 Å². The highest BCUT2D eigenvalue weighted by atomic mass is 32.2. The molecular formula is C23H31N3O4S. The quantitative estimate of drug-likeness (QED) is 0.677. The molecule has 0 bridgehead atoms. The number of carbonyl (C=O) groups excluding carboxylic acids is 1. The van der Waals surface area contributed by atoms with Crippen LogP contribution in [0.4, 0.5) is 0 Å². The van der Waals surface area contributed by atoms with Crippen LogP contribution in [0.15, 0.2) is 52.3 Å². The van der Waals surface area contributed by atoms with Crippen molar-refractivity contribution in [2.24, 2.45) is 5.92 Å². The highest BCUT2D eigenvalue weighted by Gasteiger charge is 2.27. The van der Waals surface area contributed by atoms with Gasteiger partial charge in [-0.15, -0.1) is 0 Å². The van der Waals surface area contributed by atoms with Crippen molar-refractivity contribution in [3.05, 3.63) is 64.1 Å². The zero-order valence-corrected chi connectivity index (χ0v) is 19.2. The molecule has 1 atom stereocenters. The van der Waals surface area contributed by atoms with Gasteiger partial charge in [0, 0.05) is 25.4 Å². The summed E-state index contributed by atoms with van der Waals surface area (Å²) in [7, 11) is -3.65. The van der Waals surface area contributed by atoms with Gasteiger partial charge in [0.15, 0.2) is 0 Å². The van der Waals surface area contributed by atoms with E-state index in [1.165, 1.54) is 28.2 Å². The van der Waals surface area contributed by atoms with Gasteiger partial charge in [0.25, 0.3) is 5.56 Å². The Kier molecular flexibility index (Phi) is 7.33. The summed E-state index contributed by atoms with van der Waals surface area (Å²) in [6.07, 6.45) is 3.93. The Morgan fingerprint density at radius 1 is 1.03 bits per heavy atom. The maximum absolute atomic E-state index is 12.8. The fourth-order valence-electron chi connectivity index (χ4n) is 3.80. The van der Waals surface area contributed by atoms with E-state index in [9.17, 15) is 18.0 Å². The van der Waals surface area contributed by atoms with Gasteiger partial charge in [0.05, 0.1) is 10.9 Å². The topological polar surface area (TPSA) is 88.5 Å². The summed E-state index contributed by atoms with van der Waals surface area (Å²) in [6.45, 7) is 6.95. The lowest BCUT2D eigenvalue weighted by Gasteiger charge is -2.17. The SMILES string of the molecule is CC(C)Cc1ccc(C(C)NC(=O)Cn2cc(S(=O)(=O)N3CCCC3)ccc2=O)cc1. The van der Waals surface area contributed by atoms with E-state index in [1.807, 2.05) is 19.1 Å². The Morgan fingerprint density at radius 2 is 1.68 bits per heavy atom. The van der Waals surface area contributed by atoms with Crippen molar-refractivity contribution in [1.29, 1.82) is 0 Å². The van der Waals surface area contributed by atoms with E-state index in [1.54, 1.807) is 0 Å². The molecule has 1 aromatic heterocycles. The number of amides is 1. The summed E-state index contributed by atoms with van der Waals surface area (Å²) < 4.78 is 28.1. The molecule has 1 saturated heterocycles. The first-order valence-electron chi connectivity index (χ1n) is 10.8. The number of nitrogens with zero attached hydrogens (tertiary/aromatic N) is 2. The molecule has 1 unspecified atom stereocenters. The number of carbonyl (C=O) groups is 1. The highest BCUT2D eigenvalue weighted by Crippen LogP contribution is 2.20. The molecule has 1 aliphatic rings. The lowest BCUT2D eigenvalue weighted by Crippen LogP contribution is -2.34. The first-order chi connectivity index (χ1) is 14.7. The average molecular weight is 446 g/mol. The van der Waals surface area contributed by atoms with Crippen LogP contribution in [0.25, 0.3) is 0 Å². The number of nitrogens with one attached hydrogen (secondary N) is 1. The standard InChI is InChI=1S/C23H31N3O4S/c1-17(2)14-19-6-8-20(9-7-19)18(3)24-22(27)16-25-15-21(10-11-23(25)28)31(29,30)26-12-4-5-13-26/h6-11,15,17-18H,4-5,12-14,16H2,1-3H3,(H,24,27). The van der Waals surface area contributed by atoms with Crippen molar-refractivity contribution < 1.29 is 13.2 Å². The van der Waals surface area contributed by atoms with Crippen molar-refractivity contribution in [2.45, 2.75) is 57.5 Å². The smallest absolute Gasteiger partial charge is 0.251 e. The highest BCUT2D eigenvalue weighted by molar-refractivity contribution is 7.89. The number of hydrogen-bond donors (Lipinski definition) is 1. The fourth-order valence-corrected chi connectivity index (χ4v) is 5.34. The Labute approximate surface area is 184 Å². The Balaban J connectivity index is 1.68. The van der Waals surface area contributed by atoms with Crippen molar-refractivity contribution >= 4 is 15.9 Å². The molecule has 1 fully saturated rings. The lowest BCUT2D eigenvalue weighted by molar-refractivity contribution is -0.122. The van der Waals surface area contributed by atoms with Crippen LogP contribution in [0.5, 0.6) is 0 Å². The third-order valence-corrected chi connectivity index (χ3v) is 7.36. The van der Waals surface area contributed by atoms with Gasteiger partial charge in [-0.2, -0.15) is 4.31 Å². The van der Waals surface area contributed by atoms with Crippen LogP contribution >= 0.6 is 0 Å². The molecule has 0 aliphatic carbocycles. The summed E-state index contributed by atoms with van der Waals surface area (Å²) in [6, 6.07) is 10.4. The number of sulfonamides is 1. The van der Waals surface area contributed by atoms with Gasteiger partial charge in [-0.1, -0.05) is 38.1 Å². The molecule has 7 nitrogen and oxygen atoms in total. The van der Waals surface area contributed by atoms with Crippen LogP contribution in [0.3, 0.4) is 0 Å². The van der Waals surface area contributed by atoms with E-state index in [4.69, 9.17) is 0 Å². The molecule has 2 aromatic rings. The minimum Gasteiger partial charge on any atom is -0.348 e. The maximum atomic E-state index is 12.8. The van der Waals surface area contributed by atoms with Crippen LogP contribution in [0, 0.1) is 5.92 Å². The molecule has 0 saturated carbocycles. The van der Waals surface area contributed by atoms with E-state index >= 15 is 0 Å². The molecule has 168 valence electrons. The first-order valence-corrected chi connectivity index (χ1v) is 12.2. The number of aromatic nitrogens is 1. The van der Waals surface area contributed by atoms with E-state index < -0.39 is 15.6 Å². The van der Waals surface area contributed by atoms with Crippen LogP contribution in [-0.4, -0.2) is 36.3 Å². The molecule has 1 aliphatic heterocycles. The normalized spacial score (nSPS) is 15.9. The summed E-state index contributed by atoms with van der Waals surface area (Å²) in [5.41, 5.74) is 1.81. The summed E-state index contributed by atoms with van der Waals surface area (Å²) in [5.74, 6) is 0.225. The predicted molar refractivity (Wildman–Crippen MR) is 120 cm³/mol. The molecule has 1 N–H and O–H groups in total. The van der Waals surface area contributed by atoms with Crippen LogP contribution in [0.1, 0.15) is 50.8 Å². The molecule has 3 rings (SSSR count). The van der Waals surface area contributed by atoms with Gasteiger partial charge >= 0.3 is 0 Å². The van der Waals surface area contributed by atoms with Gasteiger partial charge < -0.3 is 9.88 Å². The molecule has 0 spiro atoms. The van der Waals surface area contributed by atoms with E-state index in [0.29, 0.717) is 19.0 Å². The number of rotatable bonds is 8. The summed E-state index contributed by atoms with van der Waals surface area (Å²) in [4.78, 5) is 24.8. The first kappa shape index (κ1) is 23.2.